The maximum Gasteiger partial charge on any atom is 0.407 e. The van der Waals surface area contributed by atoms with Gasteiger partial charge in [-0.2, -0.15) is 4.89 Å². The van der Waals surface area contributed by atoms with Crippen molar-refractivity contribution in [2.75, 3.05) is 14.2 Å². The average molecular weight is 889 g/mol. The fourth-order valence-electron chi connectivity index (χ4n) is 11.4. The average Bonchev–Trinajstić information content (AvgIpc) is 4.18. The zero-order valence-electron chi connectivity index (χ0n) is 37.3. The number of likely N-dealkylation sites (tertiary alicyclic amines) is 2. The Bertz CT molecular complexity index is 2690. The number of carbonyl (C=O) groups excluding carboxylic acids is 3. The van der Waals surface area contributed by atoms with E-state index in [2.05, 4.69) is 61.6 Å². The first-order chi connectivity index (χ1) is 32.4. The molecule has 4 heterocycles. The molecule has 3 N–H and O–H groups in total. The summed E-state index contributed by atoms with van der Waals surface area (Å²) in [6.07, 6.45) is 12.5. The molecule has 0 unspecified atom stereocenters. The minimum atomic E-state index is -0.887. The Morgan fingerprint density at radius 2 is 1.32 bits per heavy atom. The number of H-pyrrole nitrogens is 2. The van der Waals surface area contributed by atoms with Crippen LogP contribution in [0.3, 0.4) is 0 Å². The Morgan fingerprint density at radius 3 is 1.98 bits per heavy atom. The molecule has 2 saturated heterocycles. The van der Waals surface area contributed by atoms with Gasteiger partial charge < -0.3 is 34.7 Å². The van der Waals surface area contributed by atoms with Crippen molar-refractivity contribution >= 4 is 35.3 Å². The summed E-state index contributed by atoms with van der Waals surface area (Å²) in [4.78, 5) is 77.4. The van der Waals surface area contributed by atoms with Crippen LogP contribution in [0.4, 0.5) is 4.79 Å². The Labute approximate surface area is 384 Å². The van der Waals surface area contributed by atoms with Crippen molar-refractivity contribution in [1.29, 1.82) is 0 Å². The summed E-state index contributed by atoms with van der Waals surface area (Å²) in [5.41, 5.74) is 7.17. The van der Waals surface area contributed by atoms with Crippen molar-refractivity contribution in [3.05, 3.63) is 132 Å². The molecule has 3 amide bonds. The highest BCUT2D eigenvalue weighted by Crippen LogP contribution is 2.49. The molecule has 8 atom stereocenters. The van der Waals surface area contributed by atoms with Gasteiger partial charge >= 0.3 is 6.09 Å². The summed E-state index contributed by atoms with van der Waals surface area (Å²) in [6.45, 7) is 0. The lowest BCUT2D eigenvalue weighted by Gasteiger charge is -2.36. The zero-order valence-corrected chi connectivity index (χ0v) is 37.3. The second kappa shape index (κ2) is 19.0. The molecule has 66 heavy (non-hydrogen) atoms. The fraction of sp³-hybridized carbons (Fsp3) is 0.385. The molecule has 340 valence electrons. The molecule has 4 aromatic carbocycles. The van der Waals surface area contributed by atoms with Crippen molar-refractivity contribution in [1.82, 2.24) is 35.1 Å². The lowest BCUT2D eigenvalue weighted by molar-refractivity contribution is -0.188. The zero-order chi connectivity index (χ0) is 45.1. The number of ether oxygens (including phenoxy) is 1. The van der Waals surface area contributed by atoms with E-state index in [4.69, 9.17) is 24.5 Å². The van der Waals surface area contributed by atoms with Crippen LogP contribution in [0, 0.1) is 11.8 Å². The SMILES string of the molecule is COOC=N[C@@H](C(=O)N1[C@H](c2nc3ccc(-c4ccc(-c5cnc([C@@H]6C[C@@H]7CCCC[C@@H]7N6C(=O)[C@H](NC(=O)OC)c6ccccc6)[nH]5)cc4)cc3[nH]2)C[C@@H]2CCCC[C@@H]21)c1ccccc1. The number of hydrogen-bond acceptors (Lipinski definition) is 9. The highest BCUT2D eigenvalue weighted by molar-refractivity contribution is 5.88. The van der Waals surface area contributed by atoms with Crippen LogP contribution < -0.4 is 5.32 Å². The molecule has 2 aliphatic carbocycles. The molecule has 2 aromatic heterocycles. The number of imidazole rings is 2. The van der Waals surface area contributed by atoms with E-state index in [9.17, 15) is 14.4 Å². The number of carbonyl (C=O) groups is 3. The molecule has 6 aromatic rings. The van der Waals surface area contributed by atoms with Crippen LogP contribution in [0.5, 0.6) is 0 Å². The van der Waals surface area contributed by atoms with Gasteiger partial charge in [0, 0.05) is 12.1 Å². The number of amides is 3. The standard InChI is InChI=1S/C52H56N8O6/c1-64-52(63)58-47(35-15-7-4-8-16-35)51(62)59-42-19-11-9-17-37(42)28-44(59)48-53-30-41(57-48)33-23-21-32(22-24-33)36-25-26-39-40(27-36)56-49(55-39)45-29-38-18-10-12-20-43(38)60(45)50(61)46(54-31-66-65-2)34-13-5-3-6-14-34/h3-8,13-16,21-27,30-31,37-38,42-47H,9-12,17-20,28-29H2,1-2H3,(H,53,57)(H,55,56)(H,58,63)/t37-,38-,42-,43-,44-,45-,46+,47+/m0/s1. The summed E-state index contributed by atoms with van der Waals surface area (Å²) < 4.78 is 4.95. The van der Waals surface area contributed by atoms with E-state index in [0.717, 1.165) is 115 Å². The molecular weight excluding hydrogens is 833 g/mol. The second-order valence-corrected chi connectivity index (χ2v) is 18.1. The summed E-state index contributed by atoms with van der Waals surface area (Å²) in [5, 5.41) is 2.82. The normalized spacial score (nSPS) is 23.6. The Balaban J connectivity index is 0.891. The number of rotatable bonds is 12. The van der Waals surface area contributed by atoms with Crippen LogP contribution in [-0.4, -0.2) is 80.3 Å². The smallest absolute Gasteiger partial charge is 0.407 e. The van der Waals surface area contributed by atoms with E-state index >= 15 is 0 Å². The minimum absolute atomic E-state index is 0.0651. The summed E-state index contributed by atoms with van der Waals surface area (Å²) in [7, 11) is 2.72. The quantitative estimate of drug-likeness (QED) is 0.0473. The molecule has 4 aliphatic rings. The first kappa shape index (κ1) is 43.1. The van der Waals surface area contributed by atoms with Crippen LogP contribution >= 0.6 is 0 Å². The van der Waals surface area contributed by atoms with E-state index in [1.54, 1.807) is 0 Å². The van der Waals surface area contributed by atoms with Crippen molar-refractivity contribution in [2.45, 2.75) is 100 Å². The summed E-state index contributed by atoms with van der Waals surface area (Å²) >= 11 is 0. The van der Waals surface area contributed by atoms with Crippen LogP contribution in [0.2, 0.25) is 0 Å². The Morgan fingerprint density at radius 1 is 0.712 bits per heavy atom. The van der Waals surface area contributed by atoms with E-state index in [0.29, 0.717) is 17.4 Å². The van der Waals surface area contributed by atoms with E-state index in [1.165, 1.54) is 20.6 Å². The Hall–Kier alpha value is -6.80. The maximum absolute atomic E-state index is 14.7. The number of aromatic amines is 2. The predicted octanol–water partition coefficient (Wildman–Crippen LogP) is 9.73. The monoisotopic (exact) mass is 888 g/mol. The summed E-state index contributed by atoms with van der Waals surface area (Å²) in [6, 6.07) is 31.7. The van der Waals surface area contributed by atoms with E-state index in [1.807, 2.05) is 77.8 Å². The molecule has 14 nitrogen and oxygen atoms in total. The number of methoxy groups -OCH3 is 1. The number of benzene rings is 4. The minimum Gasteiger partial charge on any atom is -0.453 e. The number of aliphatic imine (C=N–C) groups is 1. The number of hydrogen-bond donors (Lipinski definition) is 3. The predicted molar refractivity (Wildman–Crippen MR) is 250 cm³/mol. The van der Waals surface area contributed by atoms with Gasteiger partial charge in [-0.3, -0.25) is 9.59 Å². The molecule has 2 saturated carbocycles. The highest BCUT2D eigenvalue weighted by atomic mass is 17.2. The molecule has 4 fully saturated rings. The molecule has 14 heteroatoms. The molecule has 0 radical (unpaired) electrons. The molecule has 0 bridgehead atoms. The largest absolute Gasteiger partial charge is 0.453 e. The third-order valence-corrected chi connectivity index (χ3v) is 14.5. The number of alkyl carbamates (subject to hydrolysis) is 1. The third-order valence-electron chi connectivity index (χ3n) is 14.5. The molecule has 2 aliphatic heterocycles. The third kappa shape index (κ3) is 8.45. The van der Waals surface area contributed by atoms with Gasteiger partial charge in [0.1, 0.15) is 17.7 Å². The van der Waals surface area contributed by atoms with Crippen molar-refractivity contribution in [3.63, 3.8) is 0 Å². The van der Waals surface area contributed by atoms with Gasteiger partial charge in [-0.1, -0.05) is 117 Å². The number of nitrogens with one attached hydrogen (secondary N) is 3. The van der Waals surface area contributed by atoms with E-state index < -0.39 is 18.2 Å². The first-order valence-electron chi connectivity index (χ1n) is 23.3. The lowest BCUT2D eigenvalue weighted by Crippen LogP contribution is -2.47. The molecule has 10 rings (SSSR count). The van der Waals surface area contributed by atoms with Crippen molar-refractivity contribution in [3.8, 4) is 22.4 Å². The van der Waals surface area contributed by atoms with Gasteiger partial charge in [0.2, 0.25) is 6.40 Å². The molecule has 0 spiro atoms. The van der Waals surface area contributed by atoms with Gasteiger partial charge in [-0.05, 0) is 90.3 Å². The maximum atomic E-state index is 14.7. The van der Waals surface area contributed by atoms with Gasteiger partial charge in [0.05, 0.1) is 49.2 Å². The van der Waals surface area contributed by atoms with Crippen LogP contribution in [0.25, 0.3) is 33.4 Å². The summed E-state index contributed by atoms with van der Waals surface area (Å²) in [5.74, 6) is 2.05. The van der Waals surface area contributed by atoms with Crippen LogP contribution in [-0.2, 0) is 24.1 Å². The van der Waals surface area contributed by atoms with Crippen molar-refractivity contribution in [2.24, 2.45) is 16.8 Å². The number of fused-ring (bicyclic) bond motifs is 3. The lowest BCUT2D eigenvalue weighted by atomic mass is 9.84. The molecular formula is C52H56N8O6. The topological polar surface area (TPSA) is 167 Å². The van der Waals surface area contributed by atoms with Crippen LogP contribution in [0.15, 0.2) is 114 Å². The van der Waals surface area contributed by atoms with Gasteiger partial charge in [-0.15, -0.1) is 0 Å². The Kier molecular flexibility index (Phi) is 12.4. The highest BCUT2D eigenvalue weighted by Gasteiger charge is 2.49. The van der Waals surface area contributed by atoms with Gasteiger partial charge in [0.15, 0.2) is 6.04 Å². The second-order valence-electron chi connectivity index (χ2n) is 18.1. The van der Waals surface area contributed by atoms with Crippen LogP contribution in [0.1, 0.15) is 111 Å². The first-order valence-corrected chi connectivity index (χ1v) is 23.3. The number of nitrogens with zero attached hydrogens (tertiary/aromatic N) is 5. The van der Waals surface area contributed by atoms with Gasteiger partial charge in [-0.25, -0.2) is 19.8 Å². The van der Waals surface area contributed by atoms with E-state index in [-0.39, 0.29) is 36.0 Å². The fourth-order valence-corrected chi connectivity index (χ4v) is 11.4. The van der Waals surface area contributed by atoms with Gasteiger partial charge in [0.25, 0.3) is 11.8 Å². The van der Waals surface area contributed by atoms with Crippen molar-refractivity contribution < 1.29 is 28.9 Å². The number of aromatic nitrogens is 4.